The lowest BCUT2D eigenvalue weighted by Crippen LogP contribution is -2.36. The Morgan fingerprint density at radius 3 is 2.40 bits per heavy atom. The highest BCUT2D eigenvalue weighted by Crippen LogP contribution is 2.25. The molecule has 0 unspecified atom stereocenters. The molecule has 0 saturated carbocycles. The molecule has 134 valence electrons. The fraction of sp³-hybridized carbons (Fsp3) is 0.412. The van der Waals surface area contributed by atoms with E-state index in [1.165, 1.54) is 24.3 Å². The molecule has 1 atom stereocenters. The maximum Gasteiger partial charge on any atom is 0.514 e. The first-order chi connectivity index (χ1) is 11.6. The maximum absolute atomic E-state index is 12.1. The van der Waals surface area contributed by atoms with Gasteiger partial charge in [-0.3, -0.25) is 14.8 Å². The highest BCUT2D eigenvalue weighted by Gasteiger charge is 2.30. The van der Waals surface area contributed by atoms with E-state index >= 15 is 0 Å². The molecular weight excluding hydrogens is 326 g/mol. The van der Waals surface area contributed by atoms with Crippen LogP contribution in [0.2, 0.25) is 0 Å². The largest absolute Gasteiger partial charge is 0.514 e. The summed E-state index contributed by atoms with van der Waals surface area (Å²) in [4.78, 5) is 22.2. The summed E-state index contributed by atoms with van der Waals surface area (Å²) in [6, 6.07) is 7.09. The molecule has 0 fully saturated rings. The number of aromatic nitrogens is 2. The van der Waals surface area contributed by atoms with E-state index in [1.807, 2.05) is 40.0 Å². The number of carbonyl (C=O) groups excluding carboxylic acids is 1. The van der Waals surface area contributed by atoms with Crippen molar-refractivity contribution in [3.63, 3.8) is 0 Å². The molecular formula is C17H21N3O5. The lowest BCUT2D eigenvalue weighted by molar-refractivity contribution is -0.384. The average Bonchev–Trinajstić information content (AvgIpc) is 2.91. The molecule has 2 rings (SSSR count). The molecule has 25 heavy (non-hydrogen) atoms. The van der Waals surface area contributed by atoms with Crippen LogP contribution in [0.1, 0.15) is 26.5 Å². The SMILES string of the molecule is Cc1ccn(C[C@@H](OC(=O)Oc2ccc([N+](=O)[O-])cc2)C(C)(C)C)n1. The third-order valence-corrected chi connectivity index (χ3v) is 3.58. The number of rotatable bonds is 5. The topological polar surface area (TPSA) is 96.5 Å². The Labute approximate surface area is 145 Å². The van der Waals surface area contributed by atoms with Crippen molar-refractivity contribution in [3.8, 4) is 5.75 Å². The molecule has 1 heterocycles. The van der Waals surface area contributed by atoms with Gasteiger partial charge >= 0.3 is 6.16 Å². The number of nitrogens with zero attached hydrogens (tertiary/aromatic N) is 3. The standard InChI is InChI=1S/C17H21N3O5/c1-12-9-10-19(18-12)11-15(17(2,3)4)25-16(21)24-14-7-5-13(6-8-14)20(22)23/h5-10,15H,11H2,1-4H3/t15-/m1/s1. The summed E-state index contributed by atoms with van der Waals surface area (Å²) >= 11 is 0. The van der Waals surface area contributed by atoms with Crippen LogP contribution in [0.15, 0.2) is 36.5 Å². The Morgan fingerprint density at radius 2 is 1.92 bits per heavy atom. The molecule has 2 aromatic rings. The molecule has 8 nitrogen and oxygen atoms in total. The zero-order valence-electron chi connectivity index (χ0n) is 14.6. The van der Waals surface area contributed by atoms with Crippen LogP contribution in [0.3, 0.4) is 0 Å². The number of non-ortho nitro benzene ring substituents is 1. The van der Waals surface area contributed by atoms with Crippen LogP contribution >= 0.6 is 0 Å². The van der Waals surface area contributed by atoms with E-state index in [-0.39, 0.29) is 16.9 Å². The van der Waals surface area contributed by atoms with Gasteiger partial charge in [-0.1, -0.05) is 20.8 Å². The number of nitro groups is 1. The predicted octanol–water partition coefficient (Wildman–Crippen LogP) is 3.73. The normalized spacial score (nSPS) is 12.5. The van der Waals surface area contributed by atoms with E-state index in [2.05, 4.69) is 5.10 Å². The zero-order valence-corrected chi connectivity index (χ0v) is 14.6. The van der Waals surface area contributed by atoms with Crippen LogP contribution < -0.4 is 4.74 Å². The van der Waals surface area contributed by atoms with Gasteiger partial charge in [-0.25, -0.2) is 4.79 Å². The monoisotopic (exact) mass is 347 g/mol. The minimum absolute atomic E-state index is 0.0812. The second-order valence-corrected chi connectivity index (χ2v) is 6.75. The first kappa shape index (κ1) is 18.4. The van der Waals surface area contributed by atoms with E-state index in [4.69, 9.17) is 9.47 Å². The summed E-state index contributed by atoms with van der Waals surface area (Å²) in [6.07, 6.45) is 0.494. The molecule has 0 spiro atoms. The molecule has 0 amide bonds. The Bertz CT molecular complexity index is 746. The molecule has 0 aliphatic heterocycles. The smallest absolute Gasteiger partial charge is 0.428 e. The van der Waals surface area contributed by atoms with Gasteiger partial charge in [-0.05, 0) is 25.1 Å². The van der Waals surface area contributed by atoms with Crippen molar-refractivity contribution in [2.75, 3.05) is 0 Å². The van der Waals surface area contributed by atoms with E-state index in [1.54, 1.807) is 4.68 Å². The maximum atomic E-state index is 12.1. The number of ether oxygens (including phenoxy) is 2. The number of carbonyl (C=O) groups is 1. The van der Waals surface area contributed by atoms with Crippen molar-refractivity contribution in [2.45, 2.75) is 40.3 Å². The third kappa shape index (κ3) is 5.30. The minimum atomic E-state index is -0.863. The predicted molar refractivity (Wildman–Crippen MR) is 90.4 cm³/mol. The minimum Gasteiger partial charge on any atom is -0.428 e. The molecule has 1 aromatic heterocycles. The number of aryl methyl sites for hydroxylation is 1. The first-order valence-electron chi connectivity index (χ1n) is 7.78. The summed E-state index contributed by atoms with van der Waals surface area (Å²) in [5.74, 6) is 0.179. The van der Waals surface area contributed by atoms with Crippen LogP contribution in [0.25, 0.3) is 0 Å². The van der Waals surface area contributed by atoms with Gasteiger partial charge in [0.15, 0.2) is 0 Å². The van der Waals surface area contributed by atoms with Gasteiger partial charge in [0.05, 0.1) is 17.2 Å². The lowest BCUT2D eigenvalue weighted by Gasteiger charge is -2.29. The quantitative estimate of drug-likeness (QED) is 0.354. The molecule has 0 aliphatic rings. The van der Waals surface area contributed by atoms with Crippen molar-refractivity contribution in [3.05, 3.63) is 52.3 Å². The van der Waals surface area contributed by atoms with Crippen LogP contribution in [-0.2, 0) is 11.3 Å². The molecule has 0 radical (unpaired) electrons. The summed E-state index contributed by atoms with van der Waals surface area (Å²) in [6.45, 7) is 8.13. The van der Waals surface area contributed by atoms with Crippen LogP contribution in [0.5, 0.6) is 5.75 Å². The van der Waals surface area contributed by atoms with E-state index in [0.29, 0.717) is 6.54 Å². The zero-order chi connectivity index (χ0) is 18.6. The Balaban J connectivity index is 2.02. The Kier molecular flexibility index (Phi) is 5.41. The number of nitro benzene ring substituents is 1. The highest BCUT2D eigenvalue weighted by atomic mass is 16.7. The third-order valence-electron chi connectivity index (χ3n) is 3.58. The molecule has 0 N–H and O–H groups in total. The van der Waals surface area contributed by atoms with Gasteiger partial charge in [-0.15, -0.1) is 0 Å². The van der Waals surface area contributed by atoms with Gasteiger partial charge < -0.3 is 9.47 Å². The highest BCUT2D eigenvalue weighted by molar-refractivity contribution is 5.64. The van der Waals surface area contributed by atoms with Crippen molar-refractivity contribution in [1.29, 1.82) is 0 Å². The molecule has 8 heteroatoms. The van der Waals surface area contributed by atoms with Gasteiger partial charge in [0.25, 0.3) is 5.69 Å². The molecule has 0 bridgehead atoms. The van der Waals surface area contributed by atoms with Crippen molar-refractivity contribution in [1.82, 2.24) is 9.78 Å². The van der Waals surface area contributed by atoms with Gasteiger partial charge in [0.1, 0.15) is 11.9 Å². The summed E-state index contributed by atoms with van der Waals surface area (Å²) in [5, 5.41) is 14.9. The fourth-order valence-electron chi connectivity index (χ4n) is 2.09. The van der Waals surface area contributed by atoms with E-state index in [0.717, 1.165) is 5.69 Å². The van der Waals surface area contributed by atoms with Gasteiger partial charge in [0, 0.05) is 23.7 Å². The second kappa shape index (κ2) is 7.33. The van der Waals surface area contributed by atoms with Crippen molar-refractivity contribution >= 4 is 11.8 Å². The Morgan fingerprint density at radius 1 is 1.28 bits per heavy atom. The van der Waals surface area contributed by atoms with E-state index in [9.17, 15) is 14.9 Å². The summed E-state index contributed by atoms with van der Waals surface area (Å²) in [7, 11) is 0. The number of hydrogen-bond acceptors (Lipinski definition) is 6. The Hall–Kier alpha value is -2.90. The van der Waals surface area contributed by atoms with Crippen LogP contribution in [-0.4, -0.2) is 27.0 Å². The van der Waals surface area contributed by atoms with Crippen molar-refractivity contribution in [2.24, 2.45) is 5.41 Å². The summed E-state index contributed by atoms with van der Waals surface area (Å²) < 4.78 is 12.3. The molecule has 1 aromatic carbocycles. The second-order valence-electron chi connectivity index (χ2n) is 6.75. The van der Waals surface area contributed by atoms with Gasteiger partial charge in [-0.2, -0.15) is 5.10 Å². The number of benzene rings is 1. The summed E-state index contributed by atoms with van der Waals surface area (Å²) in [5.41, 5.74) is 0.470. The number of hydrogen-bond donors (Lipinski definition) is 0. The fourth-order valence-corrected chi connectivity index (χ4v) is 2.09. The van der Waals surface area contributed by atoms with Crippen molar-refractivity contribution < 1.29 is 19.2 Å². The lowest BCUT2D eigenvalue weighted by atomic mass is 9.89. The molecule has 0 aliphatic carbocycles. The van der Waals surface area contributed by atoms with E-state index < -0.39 is 17.2 Å². The van der Waals surface area contributed by atoms with Gasteiger partial charge in [0.2, 0.25) is 0 Å². The first-order valence-corrected chi connectivity index (χ1v) is 7.78. The van der Waals surface area contributed by atoms with Crippen LogP contribution in [0.4, 0.5) is 10.5 Å². The van der Waals surface area contributed by atoms with Crippen LogP contribution in [0, 0.1) is 22.5 Å². The molecule has 0 saturated heterocycles. The average molecular weight is 347 g/mol.